The Morgan fingerprint density at radius 3 is 2.77 bits per heavy atom. The average molecular weight is 204 g/mol. The number of aromatic nitrogens is 1. The molecule has 6 heteroatoms. The highest BCUT2D eigenvalue weighted by molar-refractivity contribution is 6.29. The van der Waals surface area contributed by atoms with E-state index in [2.05, 4.69) is 0 Å². The van der Waals surface area contributed by atoms with E-state index in [1.165, 1.54) is 13.2 Å². The number of aromatic carboxylic acids is 1. The lowest BCUT2D eigenvalue weighted by Crippen LogP contribution is -2.36. The Morgan fingerprint density at radius 2 is 2.31 bits per heavy atom. The van der Waals surface area contributed by atoms with Crippen LogP contribution < -0.4 is 9.47 Å². The Morgan fingerprint density at radius 1 is 1.69 bits per heavy atom. The largest absolute Gasteiger partial charge is 0.617 e. The number of halogens is 1. The first-order valence-corrected chi connectivity index (χ1v) is 3.65. The van der Waals surface area contributed by atoms with Crippen molar-refractivity contribution in [1.82, 2.24) is 0 Å². The lowest BCUT2D eigenvalue weighted by atomic mass is 10.3. The second kappa shape index (κ2) is 3.49. The van der Waals surface area contributed by atoms with Gasteiger partial charge in [-0.3, -0.25) is 0 Å². The summed E-state index contributed by atoms with van der Waals surface area (Å²) in [7, 11) is 1.33. The minimum Gasteiger partial charge on any atom is -0.617 e. The lowest BCUT2D eigenvalue weighted by molar-refractivity contribution is -0.606. The van der Waals surface area contributed by atoms with Gasteiger partial charge in [-0.2, -0.15) is 0 Å². The minimum atomic E-state index is -1.33. The Labute approximate surface area is 78.7 Å². The average Bonchev–Trinajstić information content (AvgIpc) is 2.09. The number of pyridine rings is 1. The Hall–Kier alpha value is -1.49. The minimum absolute atomic E-state index is 0.0999. The molecule has 0 aromatic carbocycles. The first-order valence-electron chi connectivity index (χ1n) is 3.27. The molecule has 0 bridgehead atoms. The number of carbonyl (C=O) groups is 1. The number of methoxy groups -OCH3 is 1. The van der Waals surface area contributed by atoms with E-state index < -0.39 is 11.7 Å². The van der Waals surface area contributed by atoms with Gasteiger partial charge >= 0.3 is 16.8 Å². The fourth-order valence-corrected chi connectivity index (χ4v) is 1.04. The van der Waals surface area contributed by atoms with Gasteiger partial charge in [0.15, 0.2) is 0 Å². The van der Waals surface area contributed by atoms with E-state index in [0.29, 0.717) is 0 Å². The van der Waals surface area contributed by atoms with E-state index in [9.17, 15) is 10.0 Å². The molecule has 1 N–H and O–H groups in total. The number of rotatable bonds is 2. The number of carboxylic acids is 1. The molecule has 0 saturated carbocycles. The van der Waals surface area contributed by atoms with Gasteiger partial charge in [0.1, 0.15) is 0 Å². The standard InChI is InChI=1S/C7H6ClNO4/c1-13-5-3-2-4(7(10)11)9(12)6(5)8/h2-3H,1H3,(H,10,11). The predicted octanol–water partition coefficient (Wildman–Crippen LogP) is 0.680. The molecule has 0 aliphatic heterocycles. The summed E-state index contributed by atoms with van der Waals surface area (Å²) >= 11 is 5.50. The Balaban J connectivity index is 3.31. The summed E-state index contributed by atoms with van der Waals surface area (Å²) in [5, 5.41) is 19.4. The Kier molecular flexibility index (Phi) is 2.57. The third kappa shape index (κ3) is 1.65. The van der Waals surface area contributed by atoms with Crippen LogP contribution in [0.3, 0.4) is 0 Å². The molecule has 0 aliphatic carbocycles. The van der Waals surface area contributed by atoms with Crippen molar-refractivity contribution in [2.45, 2.75) is 0 Å². The van der Waals surface area contributed by atoms with Crippen LogP contribution >= 0.6 is 11.6 Å². The SMILES string of the molecule is COc1ccc(C(=O)O)[n+]([O-])c1Cl. The zero-order valence-electron chi connectivity index (χ0n) is 6.65. The van der Waals surface area contributed by atoms with Crippen LogP contribution in [0.2, 0.25) is 5.15 Å². The van der Waals surface area contributed by atoms with Crippen molar-refractivity contribution in [1.29, 1.82) is 0 Å². The molecule has 0 fully saturated rings. The van der Waals surface area contributed by atoms with Gasteiger partial charge < -0.3 is 15.1 Å². The highest BCUT2D eigenvalue weighted by Gasteiger charge is 2.20. The fourth-order valence-electron chi connectivity index (χ4n) is 0.807. The van der Waals surface area contributed by atoms with Gasteiger partial charge in [-0.1, -0.05) is 0 Å². The summed E-state index contributed by atoms with van der Waals surface area (Å²) < 4.78 is 4.81. The zero-order valence-corrected chi connectivity index (χ0v) is 7.41. The van der Waals surface area contributed by atoms with E-state index >= 15 is 0 Å². The maximum Gasteiger partial charge on any atom is 0.402 e. The van der Waals surface area contributed by atoms with Crippen molar-refractivity contribution in [3.05, 3.63) is 28.2 Å². The van der Waals surface area contributed by atoms with Gasteiger partial charge in [-0.15, -0.1) is 4.73 Å². The second-order valence-electron chi connectivity index (χ2n) is 2.18. The molecule has 1 aromatic rings. The first kappa shape index (κ1) is 9.60. The third-order valence-corrected chi connectivity index (χ3v) is 1.77. The number of hydrogen-bond donors (Lipinski definition) is 1. The van der Waals surface area contributed by atoms with E-state index in [-0.39, 0.29) is 15.6 Å². The van der Waals surface area contributed by atoms with Gasteiger partial charge in [0, 0.05) is 6.07 Å². The predicted molar refractivity (Wildman–Crippen MR) is 43.9 cm³/mol. The molecule has 0 saturated heterocycles. The highest BCUT2D eigenvalue weighted by atomic mass is 35.5. The van der Waals surface area contributed by atoms with Gasteiger partial charge in [-0.25, -0.2) is 4.79 Å². The fraction of sp³-hybridized carbons (Fsp3) is 0.143. The van der Waals surface area contributed by atoms with Crippen LogP contribution in [-0.4, -0.2) is 18.2 Å². The van der Waals surface area contributed by atoms with Gasteiger partial charge in [-0.05, 0) is 17.7 Å². The van der Waals surface area contributed by atoms with Crippen LogP contribution in [0.15, 0.2) is 12.1 Å². The van der Waals surface area contributed by atoms with E-state index in [4.69, 9.17) is 21.4 Å². The van der Waals surface area contributed by atoms with Gasteiger partial charge in [0.05, 0.1) is 7.11 Å². The van der Waals surface area contributed by atoms with Crippen molar-refractivity contribution in [2.24, 2.45) is 0 Å². The maximum atomic E-state index is 11.1. The molecular weight excluding hydrogens is 198 g/mol. The molecule has 0 aliphatic rings. The number of hydrogen-bond acceptors (Lipinski definition) is 3. The summed E-state index contributed by atoms with van der Waals surface area (Å²) in [5.74, 6) is -1.19. The van der Waals surface area contributed by atoms with E-state index in [1.807, 2.05) is 0 Å². The summed E-state index contributed by atoms with van der Waals surface area (Å²) in [6, 6.07) is 2.44. The van der Waals surface area contributed by atoms with Gasteiger partial charge in [0.2, 0.25) is 5.75 Å². The molecule has 0 atom stereocenters. The van der Waals surface area contributed by atoms with Crippen LogP contribution in [0, 0.1) is 5.21 Å². The second-order valence-corrected chi connectivity index (χ2v) is 2.54. The molecule has 0 unspecified atom stereocenters. The van der Waals surface area contributed by atoms with Gasteiger partial charge in [0.25, 0.3) is 0 Å². The third-order valence-electron chi connectivity index (χ3n) is 1.43. The molecule has 0 amide bonds. The van der Waals surface area contributed by atoms with Crippen molar-refractivity contribution < 1.29 is 19.4 Å². The number of carboxylic acid groups (broad SMARTS) is 1. The van der Waals surface area contributed by atoms with Crippen molar-refractivity contribution in [3.8, 4) is 5.75 Å². The van der Waals surface area contributed by atoms with E-state index in [0.717, 1.165) is 6.07 Å². The van der Waals surface area contributed by atoms with Crippen LogP contribution in [0.1, 0.15) is 10.5 Å². The Bertz CT molecular complexity index is 353. The maximum absolute atomic E-state index is 11.1. The number of nitrogens with zero attached hydrogens (tertiary/aromatic N) is 1. The quantitative estimate of drug-likeness (QED) is 0.436. The normalized spacial score (nSPS) is 9.69. The molecule has 0 spiro atoms. The van der Waals surface area contributed by atoms with Crippen molar-refractivity contribution in [2.75, 3.05) is 7.11 Å². The summed E-state index contributed by atoms with van der Waals surface area (Å²) in [4.78, 5) is 10.5. The molecule has 70 valence electrons. The lowest BCUT2D eigenvalue weighted by Gasteiger charge is -2.05. The number of ether oxygens (including phenoxy) is 1. The van der Waals surface area contributed by atoms with Crippen LogP contribution in [-0.2, 0) is 0 Å². The van der Waals surface area contributed by atoms with Crippen LogP contribution in [0.25, 0.3) is 0 Å². The topological polar surface area (TPSA) is 73.5 Å². The summed E-state index contributed by atoms with van der Waals surface area (Å²) in [6.07, 6.45) is 0. The zero-order chi connectivity index (χ0) is 10.0. The van der Waals surface area contributed by atoms with E-state index in [1.54, 1.807) is 0 Å². The molecule has 0 radical (unpaired) electrons. The molecule has 1 heterocycles. The molecule has 1 rings (SSSR count). The van der Waals surface area contributed by atoms with Crippen LogP contribution in [0.5, 0.6) is 5.75 Å². The molecule has 5 nitrogen and oxygen atoms in total. The summed E-state index contributed by atoms with van der Waals surface area (Å²) in [5.41, 5.74) is -0.439. The molecular formula is C7H6ClNO4. The highest BCUT2D eigenvalue weighted by Crippen LogP contribution is 2.19. The molecule has 1 aromatic heterocycles. The monoisotopic (exact) mass is 203 g/mol. The first-order chi connectivity index (χ1) is 6.07. The smallest absolute Gasteiger partial charge is 0.402 e. The van der Waals surface area contributed by atoms with Crippen molar-refractivity contribution in [3.63, 3.8) is 0 Å². The van der Waals surface area contributed by atoms with Crippen LogP contribution in [0.4, 0.5) is 0 Å². The molecule has 13 heavy (non-hydrogen) atoms. The summed E-state index contributed by atoms with van der Waals surface area (Å²) in [6.45, 7) is 0. The van der Waals surface area contributed by atoms with Crippen molar-refractivity contribution >= 4 is 17.6 Å².